The Balaban J connectivity index is 1.81. The molecule has 3 rings (SSSR count). The second-order valence-electron chi connectivity index (χ2n) is 6.01. The number of rotatable bonds is 3. The van der Waals surface area contributed by atoms with Crippen molar-refractivity contribution in [2.75, 3.05) is 6.54 Å². The summed E-state index contributed by atoms with van der Waals surface area (Å²) in [4.78, 5) is 14.4. The second-order valence-corrected chi connectivity index (χ2v) is 6.01. The Morgan fingerprint density at radius 1 is 1.39 bits per heavy atom. The van der Waals surface area contributed by atoms with Crippen molar-refractivity contribution < 1.29 is 14.3 Å². The fraction of sp³-hybridized carbons (Fsp3) is 0.412. The monoisotopic (exact) mass is 317 g/mol. The highest BCUT2D eigenvalue weighted by atomic mass is 19.1. The van der Waals surface area contributed by atoms with Crippen LogP contribution in [0.15, 0.2) is 36.7 Å². The minimum absolute atomic E-state index is 0.121. The van der Waals surface area contributed by atoms with Gasteiger partial charge >= 0.3 is 0 Å². The van der Waals surface area contributed by atoms with Crippen LogP contribution < -0.4 is 0 Å². The molecule has 0 unspecified atom stereocenters. The number of aliphatic hydroxyl groups is 1. The molecule has 1 aromatic heterocycles. The molecule has 2 aromatic rings. The highest BCUT2D eigenvalue weighted by Crippen LogP contribution is 2.23. The summed E-state index contributed by atoms with van der Waals surface area (Å²) in [6.07, 6.45) is 4.59. The topological polar surface area (TPSA) is 58.4 Å². The van der Waals surface area contributed by atoms with Crippen LogP contribution in [0.1, 0.15) is 28.8 Å². The van der Waals surface area contributed by atoms with Gasteiger partial charge in [0, 0.05) is 19.8 Å². The van der Waals surface area contributed by atoms with Gasteiger partial charge < -0.3 is 10.0 Å². The lowest BCUT2D eigenvalue weighted by atomic mass is 9.92. The molecule has 6 heteroatoms. The first-order valence-corrected chi connectivity index (χ1v) is 7.77. The average Bonchev–Trinajstić information content (AvgIpc) is 2.97. The molecule has 1 aliphatic rings. The van der Waals surface area contributed by atoms with Gasteiger partial charge in [0.15, 0.2) is 0 Å². The smallest absolute Gasteiger partial charge is 0.257 e. The summed E-state index contributed by atoms with van der Waals surface area (Å²) in [6, 6.07) is 5.89. The number of nitrogens with zero attached hydrogens (tertiary/aromatic N) is 3. The van der Waals surface area contributed by atoms with Crippen molar-refractivity contribution in [3.63, 3.8) is 0 Å². The Bertz CT molecular complexity index is 683. The van der Waals surface area contributed by atoms with Crippen LogP contribution in [0.4, 0.5) is 4.39 Å². The number of amides is 1. The van der Waals surface area contributed by atoms with Crippen molar-refractivity contribution in [1.82, 2.24) is 14.7 Å². The molecular formula is C17H20FN3O2. The molecular weight excluding hydrogens is 297 g/mol. The number of hydrogen-bond donors (Lipinski definition) is 1. The van der Waals surface area contributed by atoms with Crippen LogP contribution in [0.2, 0.25) is 0 Å². The zero-order chi connectivity index (χ0) is 16.4. The van der Waals surface area contributed by atoms with E-state index in [0.29, 0.717) is 24.9 Å². The highest BCUT2D eigenvalue weighted by Gasteiger charge is 2.34. The maximum Gasteiger partial charge on any atom is 0.257 e. The predicted molar refractivity (Wildman–Crippen MR) is 83.4 cm³/mol. The lowest BCUT2D eigenvalue weighted by Crippen LogP contribution is -2.52. The molecule has 1 saturated heterocycles. The van der Waals surface area contributed by atoms with Crippen LogP contribution in [0.25, 0.3) is 0 Å². The Kier molecular flexibility index (Phi) is 4.43. The first kappa shape index (κ1) is 15.7. The van der Waals surface area contributed by atoms with Crippen molar-refractivity contribution in [3.8, 4) is 0 Å². The van der Waals surface area contributed by atoms with Crippen LogP contribution in [-0.2, 0) is 13.5 Å². The summed E-state index contributed by atoms with van der Waals surface area (Å²) in [5, 5.41) is 14.4. The molecule has 1 N–H and O–H groups in total. The van der Waals surface area contributed by atoms with Gasteiger partial charge in [-0.2, -0.15) is 5.10 Å². The summed E-state index contributed by atoms with van der Waals surface area (Å²) in [5.41, 5.74) is 1.42. The van der Waals surface area contributed by atoms with E-state index in [0.717, 1.165) is 12.0 Å². The van der Waals surface area contributed by atoms with E-state index in [1.54, 1.807) is 35.0 Å². The lowest BCUT2D eigenvalue weighted by molar-refractivity contribution is 0.0118. The van der Waals surface area contributed by atoms with Crippen molar-refractivity contribution in [2.45, 2.75) is 31.4 Å². The normalized spacial score (nSPS) is 21.4. The van der Waals surface area contributed by atoms with Gasteiger partial charge in [0.1, 0.15) is 5.82 Å². The van der Waals surface area contributed by atoms with E-state index in [4.69, 9.17) is 0 Å². The van der Waals surface area contributed by atoms with Gasteiger partial charge in [-0.1, -0.05) is 12.1 Å². The molecule has 0 radical (unpaired) electrons. The Morgan fingerprint density at radius 2 is 2.13 bits per heavy atom. The zero-order valence-electron chi connectivity index (χ0n) is 13.0. The molecule has 2 atom stereocenters. The number of aromatic nitrogens is 2. The number of hydrogen-bond acceptors (Lipinski definition) is 3. The number of halogens is 1. The Morgan fingerprint density at radius 3 is 2.78 bits per heavy atom. The van der Waals surface area contributed by atoms with Crippen LogP contribution in [0, 0.1) is 5.82 Å². The van der Waals surface area contributed by atoms with E-state index in [2.05, 4.69) is 5.10 Å². The molecule has 1 aromatic carbocycles. The molecule has 23 heavy (non-hydrogen) atoms. The van der Waals surface area contributed by atoms with Crippen LogP contribution in [-0.4, -0.2) is 44.4 Å². The van der Waals surface area contributed by atoms with Crippen molar-refractivity contribution >= 4 is 5.91 Å². The Hall–Kier alpha value is -2.21. The number of carbonyl (C=O) groups excluding carboxylic acids is 1. The molecule has 1 amide bonds. The average molecular weight is 317 g/mol. The summed E-state index contributed by atoms with van der Waals surface area (Å²) < 4.78 is 14.6. The van der Waals surface area contributed by atoms with E-state index in [-0.39, 0.29) is 17.8 Å². The van der Waals surface area contributed by atoms with Gasteiger partial charge in [-0.15, -0.1) is 0 Å². The lowest BCUT2D eigenvalue weighted by Gasteiger charge is -2.39. The van der Waals surface area contributed by atoms with Crippen LogP contribution in [0.5, 0.6) is 0 Å². The fourth-order valence-electron chi connectivity index (χ4n) is 3.09. The summed E-state index contributed by atoms with van der Waals surface area (Å²) in [6.45, 7) is 0.608. The van der Waals surface area contributed by atoms with E-state index in [1.807, 2.05) is 0 Å². The number of carbonyl (C=O) groups is 1. The standard InChI is InChI=1S/C17H20FN3O2/c1-20-11-13(10-19-20)17(23)21-8-2-3-16(22)15(21)9-12-4-6-14(18)7-5-12/h4-7,10-11,15-16,22H,2-3,8-9H2,1H3/t15-,16-/m0/s1. The third-order valence-corrected chi connectivity index (χ3v) is 4.31. The van der Waals surface area contributed by atoms with Gasteiger partial charge in [0.05, 0.1) is 23.9 Å². The zero-order valence-corrected chi connectivity index (χ0v) is 13.0. The third kappa shape index (κ3) is 3.42. The molecule has 1 aliphatic heterocycles. The molecule has 2 heterocycles. The van der Waals surface area contributed by atoms with Crippen LogP contribution in [0.3, 0.4) is 0 Å². The van der Waals surface area contributed by atoms with Gasteiger partial charge in [-0.3, -0.25) is 9.48 Å². The first-order chi connectivity index (χ1) is 11.0. The van der Waals surface area contributed by atoms with E-state index < -0.39 is 6.10 Å². The summed E-state index contributed by atoms with van der Waals surface area (Å²) in [7, 11) is 1.76. The molecule has 5 nitrogen and oxygen atoms in total. The van der Waals surface area contributed by atoms with Crippen molar-refractivity contribution in [2.24, 2.45) is 7.05 Å². The molecule has 0 saturated carbocycles. The molecule has 1 fully saturated rings. The molecule has 0 spiro atoms. The number of aliphatic hydroxyl groups excluding tert-OH is 1. The molecule has 0 aliphatic carbocycles. The van der Waals surface area contributed by atoms with E-state index >= 15 is 0 Å². The quantitative estimate of drug-likeness (QED) is 0.938. The van der Waals surface area contributed by atoms with Crippen molar-refractivity contribution in [1.29, 1.82) is 0 Å². The van der Waals surface area contributed by atoms with Crippen molar-refractivity contribution in [3.05, 3.63) is 53.6 Å². The maximum atomic E-state index is 13.0. The highest BCUT2D eigenvalue weighted by molar-refractivity contribution is 5.94. The van der Waals surface area contributed by atoms with E-state index in [1.165, 1.54) is 18.3 Å². The number of likely N-dealkylation sites (tertiary alicyclic amines) is 1. The third-order valence-electron chi connectivity index (χ3n) is 4.31. The van der Waals surface area contributed by atoms with Gasteiger partial charge in [-0.05, 0) is 37.0 Å². The number of aryl methyl sites for hydroxylation is 1. The second kappa shape index (κ2) is 6.50. The minimum atomic E-state index is -0.575. The van der Waals surface area contributed by atoms with Gasteiger partial charge in [0.25, 0.3) is 5.91 Å². The minimum Gasteiger partial charge on any atom is -0.391 e. The fourth-order valence-corrected chi connectivity index (χ4v) is 3.09. The molecule has 122 valence electrons. The summed E-state index contributed by atoms with van der Waals surface area (Å²) >= 11 is 0. The number of benzene rings is 1. The predicted octanol–water partition coefficient (Wildman–Crippen LogP) is 1.77. The first-order valence-electron chi connectivity index (χ1n) is 7.77. The largest absolute Gasteiger partial charge is 0.391 e. The Labute approximate surface area is 134 Å². The SMILES string of the molecule is Cn1cc(C(=O)N2CCC[C@H](O)[C@@H]2Cc2ccc(F)cc2)cn1. The summed E-state index contributed by atoms with van der Waals surface area (Å²) in [5.74, 6) is -0.412. The van der Waals surface area contributed by atoms with Crippen LogP contribution >= 0.6 is 0 Å². The van der Waals surface area contributed by atoms with Gasteiger partial charge in [0.2, 0.25) is 0 Å². The number of piperidine rings is 1. The maximum absolute atomic E-state index is 13.0. The van der Waals surface area contributed by atoms with Gasteiger partial charge in [-0.25, -0.2) is 4.39 Å². The van der Waals surface area contributed by atoms with E-state index in [9.17, 15) is 14.3 Å². The molecule has 0 bridgehead atoms.